The minimum absolute atomic E-state index is 0.199. The SMILES string of the molecule is COc1nc(/C=C/c2nc3n(n2)CCC[C@@H]3c2cc(F)cc(F)c2)ccc1-n1cnc(C)c1. The molecule has 1 aliphatic rings. The van der Waals surface area contributed by atoms with Crippen molar-refractivity contribution in [3.63, 3.8) is 0 Å². The number of hydrogen-bond donors (Lipinski definition) is 0. The summed E-state index contributed by atoms with van der Waals surface area (Å²) in [4.78, 5) is 13.4. The molecule has 0 bridgehead atoms. The van der Waals surface area contributed by atoms with Gasteiger partial charge in [-0.1, -0.05) is 0 Å². The van der Waals surface area contributed by atoms with Crippen LogP contribution in [0.4, 0.5) is 8.78 Å². The molecule has 5 rings (SSSR count). The summed E-state index contributed by atoms with van der Waals surface area (Å²) in [5.74, 6) is 0.327. The molecule has 0 fully saturated rings. The van der Waals surface area contributed by atoms with Crippen LogP contribution >= 0.6 is 0 Å². The molecule has 0 N–H and O–H groups in total. The molecule has 0 spiro atoms. The molecule has 0 aliphatic carbocycles. The zero-order valence-corrected chi connectivity index (χ0v) is 18.2. The van der Waals surface area contributed by atoms with Gasteiger partial charge in [-0.2, -0.15) is 5.10 Å². The Morgan fingerprint density at radius 1 is 1.09 bits per heavy atom. The first-order valence-electron chi connectivity index (χ1n) is 10.6. The van der Waals surface area contributed by atoms with Crippen molar-refractivity contribution in [2.75, 3.05) is 7.11 Å². The Balaban J connectivity index is 1.41. The van der Waals surface area contributed by atoms with Crippen molar-refractivity contribution >= 4 is 12.2 Å². The Kier molecular flexibility index (Phi) is 5.45. The van der Waals surface area contributed by atoms with Crippen molar-refractivity contribution in [1.82, 2.24) is 29.3 Å². The molecule has 0 unspecified atom stereocenters. The molecule has 4 heterocycles. The van der Waals surface area contributed by atoms with Gasteiger partial charge in [-0.15, -0.1) is 0 Å². The van der Waals surface area contributed by atoms with Crippen LogP contribution < -0.4 is 4.74 Å². The largest absolute Gasteiger partial charge is 0.479 e. The van der Waals surface area contributed by atoms with E-state index >= 15 is 0 Å². The molecular formula is C24H22F2N6O. The Morgan fingerprint density at radius 3 is 2.64 bits per heavy atom. The van der Waals surface area contributed by atoms with E-state index < -0.39 is 11.6 Å². The van der Waals surface area contributed by atoms with Crippen LogP contribution in [-0.2, 0) is 6.54 Å². The van der Waals surface area contributed by atoms with E-state index in [4.69, 9.17) is 4.74 Å². The van der Waals surface area contributed by atoms with E-state index in [1.807, 2.05) is 40.6 Å². The predicted molar refractivity (Wildman–Crippen MR) is 119 cm³/mol. The van der Waals surface area contributed by atoms with Crippen molar-refractivity contribution < 1.29 is 13.5 Å². The average Bonchev–Trinajstić information content (AvgIpc) is 3.42. The van der Waals surface area contributed by atoms with Crippen LogP contribution in [0.3, 0.4) is 0 Å². The first kappa shape index (κ1) is 21.0. The minimum Gasteiger partial charge on any atom is -0.479 e. The third-order valence-electron chi connectivity index (χ3n) is 5.63. The molecule has 1 atom stereocenters. The normalized spacial score (nSPS) is 15.7. The number of benzene rings is 1. The van der Waals surface area contributed by atoms with Gasteiger partial charge >= 0.3 is 0 Å². The lowest BCUT2D eigenvalue weighted by atomic mass is 9.91. The summed E-state index contributed by atoms with van der Waals surface area (Å²) in [7, 11) is 1.57. The van der Waals surface area contributed by atoms with Crippen LogP contribution in [-0.4, -0.2) is 36.4 Å². The molecule has 1 aliphatic heterocycles. The fraction of sp³-hybridized carbons (Fsp3) is 0.250. The number of aryl methyl sites for hydroxylation is 2. The second-order valence-corrected chi connectivity index (χ2v) is 7.97. The standard InChI is InChI=1S/C24H22F2N6O/c1-15-13-31(14-27-15)21-7-5-19(28-24(21)33-2)6-8-22-29-23-20(4-3-9-32(23)30-22)16-10-17(25)12-18(26)11-16/h5-8,10-14,20H,3-4,9H2,1-2H3/b8-6+/t20-/m1/s1. The van der Waals surface area contributed by atoms with E-state index in [-0.39, 0.29) is 5.92 Å². The first-order chi connectivity index (χ1) is 16.0. The van der Waals surface area contributed by atoms with Crippen LogP contribution in [0.25, 0.3) is 17.8 Å². The lowest BCUT2D eigenvalue weighted by Crippen LogP contribution is -2.18. The van der Waals surface area contributed by atoms with E-state index in [9.17, 15) is 8.78 Å². The maximum atomic E-state index is 13.8. The quantitative estimate of drug-likeness (QED) is 0.448. The molecule has 1 aromatic carbocycles. The maximum Gasteiger partial charge on any atom is 0.238 e. The van der Waals surface area contributed by atoms with Gasteiger partial charge < -0.3 is 9.30 Å². The molecule has 0 saturated carbocycles. The molecule has 33 heavy (non-hydrogen) atoms. The minimum atomic E-state index is -0.587. The van der Waals surface area contributed by atoms with Crippen LogP contribution in [0, 0.1) is 18.6 Å². The molecule has 0 radical (unpaired) electrons. The van der Waals surface area contributed by atoms with Crippen molar-refractivity contribution in [3.8, 4) is 11.6 Å². The zero-order valence-electron chi connectivity index (χ0n) is 18.2. The number of hydrogen-bond acceptors (Lipinski definition) is 5. The lowest BCUT2D eigenvalue weighted by Gasteiger charge is -2.22. The highest BCUT2D eigenvalue weighted by Gasteiger charge is 2.26. The lowest BCUT2D eigenvalue weighted by molar-refractivity contribution is 0.395. The molecule has 7 nitrogen and oxygen atoms in total. The maximum absolute atomic E-state index is 13.8. The van der Waals surface area contributed by atoms with Crippen LogP contribution in [0.15, 0.2) is 42.9 Å². The van der Waals surface area contributed by atoms with E-state index in [1.54, 1.807) is 19.5 Å². The summed E-state index contributed by atoms with van der Waals surface area (Å²) >= 11 is 0. The highest BCUT2D eigenvalue weighted by Crippen LogP contribution is 2.33. The number of pyridine rings is 1. The fourth-order valence-corrected chi connectivity index (χ4v) is 4.13. The Morgan fingerprint density at radius 2 is 1.91 bits per heavy atom. The van der Waals surface area contributed by atoms with Gasteiger partial charge in [0.1, 0.15) is 23.1 Å². The zero-order chi connectivity index (χ0) is 22.9. The number of halogens is 2. The van der Waals surface area contributed by atoms with Crippen LogP contribution in [0.5, 0.6) is 5.88 Å². The predicted octanol–water partition coefficient (Wildman–Crippen LogP) is 4.55. The highest BCUT2D eigenvalue weighted by atomic mass is 19.1. The van der Waals surface area contributed by atoms with Gasteiger partial charge in [0.05, 0.1) is 24.8 Å². The summed E-state index contributed by atoms with van der Waals surface area (Å²) in [5.41, 5.74) is 2.95. The Labute approximate surface area is 189 Å². The number of ether oxygens (including phenoxy) is 1. The Bertz CT molecular complexity index is 1320. The summed E-state index contributed by atoms with van der Waals surface area (Å²) in [6.07, 6.45) is 8.82. The van der Waals surface area contributed by atoms with Crippen molar-refractivity contribution in [3.05, 3.63) is 83.1 Å². The van der Waals surface area contributed by atoms with Crippen LogP contribution in [0.1, 0.15) is 47.4 Å². The fourth-order valence-electron chi connectivity index (χ4n) is 4.13. The molecule has 0 amide bonds. The van der Waals surface area contributed by atoms with Crippen molar-refractivity contribution in [2.24, 2.45) is 0 Å². The van der Waals surface area contributed by atoms with E-state index in [2.05, 4.69) is 20.1 Å². The molecule has 0 saturated heterocycles. The summed E-state index contributed by atoms with van der Waals surface area (Å²) in [5, 5.41) is 4.56. The van der Waals surface area contributed by atoms with Gasteiger partial charge in [0.2, 0.25) is 5.88 Å². The number of rotatable bonds is 5. The number of aromatic nitrogens is 6. The summed E-state index contributed by atoms with van der Waals surface area (Å²) in [6, 6.07) is 7.40. The Hall–Kier alpha value is -3.88. The van der Waals surface area contributed by atoms with Gasteiger partial charge in [-0.25, -0.2) is 28.4 Å². The molecule has 168 valence electrons. The third kappa shape index (κ3) is 4.26. The van der Waals surface area contributed by atoms with Gasteiger partial charge in [0, 0.05) is 24.7 Å². The van der Waals surface area contributed by atoms with Crippen molar-refractivity contribution in [1.29, 1.82) is 0 Å². The summed E-state index contributed by atoms with van der Waals surface area (Å²) in [6.45, 7) is 2.63. The smallest absolute Gasteiger partial charge is 0.238 e. The van der Waals surface area contributed by atoms with Crippen LogP contribution in [0.2, 0.25) is 0 Å². The van der Waals surface area contributed by atoms with Gasteiger partial charge in [-0.05, 0) is 61.7 Å². The molecule has 3 aromatic heterocycles. The monoisotopic (exact) mass is 448 g/mol. The van der Waals surface area contributed by atoms with Gasteiger partial charge in [0.25, 0.3) is 0 Å². The highest BCUT2D eigenvalue weighted by molar-refractivity contribution is 5.65. The molecule has 4 aromatic rings. The van der Waals surface area contributed by atoms with Gasteiger partial charge in [0.15, 0.2) is 5.82 Å². The first-order valence-corrected chi connectivity index (χ1v) is 10.6. The van der Waals surface area contributed by atoms with Crippen molar-refractivity contribution in [2.45, 2.75) is 32.2 Å². The van der Waals surface area contributed by atoms with E-state index in [1.165, 1.54) is 12.1 Å². The number of fused-ring (bicyclic) bond motifs is 1. The average molecular weight is 448 g/mol. The summed E-state index contributed by atoms with van der Waals surface area (Å²) < 4.78 is 36.6. The number of nitrogens with zero attached hydrogens (tertiary/aromatic N) is 6. The molecular weight excluding hydrogens is 426 g/mol. The third-order valence-corrected chi connectivity index (χ3v) is 5.63. The van der Waals surface area contributed by atoms with Gasteiger partial charge in [-0.3, -0.25) is 0 Å². The number of methoxy groups -OCH3 is 1. The number of imidazole rings is 1. The van der Waals surface area contributed by atoms with E-state index in [0.29, 0.717) is 28.8 Å². The second-order valence-electron chi connectivity index (χ2n) is 7.97. The second kappa shape index (κ2) is 8.57. The topological polar surface area (TPSA) is 70.7 Å². The van der Waals surface area contributed by atoms with E-state index in [0.717, 1.165) is 36.8 Å². The molecule has 9 heteroatoms.